The SMILES string of the molecule is COc1ccc(C(=O)N(Cc2ccccc2)Cc2ccccc2)cc1CSc1ccc(Cl)cc1. The van der Waals surface area contributed by atoms with Crippen molar-refractivity contribution in [2.75, 3.05) is 7.11 Å². The fourth-order valence-electron chi connectivity index (χ4n) is 3.71. The lowest BCUT2D eigenvalue weighted by Crippen LogP contribution is -2.30. The molecule has 0 N–H and O–H groups in total. The van der Waals surface area contributed by atoms with E-state index in [1.165, 1.54) is 0 Å². The number of ether oxygens (including phenoxy) is 1. The van der Waals surface area contributed by atoms with Gasteiger partial charge in [0.15, 0.2) is 0 Å². The summed E-state index contributed by atoms with van der Waals surface area (Å²) in [6.45, 7) is 1.07. The number of carbonyl (C=O) groups is 1. The molecule has 0 bridgehead atoms. The maximum atomic E-state index is 13.7. The highest BCUT2D eigenvalue weighted by Crippen LogP contribution is 2.30. The minimum absolute atomic E-state index is 0.00639. The number of hydrogen-bond acceptors (Lipinski definition) is 3. The lowest BCUT2D eigenvalue weighted by atomic mass is 10.1. The van der Waals surface area contributed by atoms with Crippen LogP contribution in [0.5, 0.6) is 5.75 Å². The summed E-state index contributed by atoms with van der Waals surface area (Å²) in [6, 6.07) is 33.6. The van der Waals surface area contributed by atoms with Gasteiger partial charge in [-0.05, 0) is 53.6 Å². The number of benzene rings is 4. The zero-order valence-electron chi connectivity index (χ0n) is 19.0. The van der Waals surface area contributed by atoms with E-state index in [0.717, 1.165) is 27.3 Å². The van der Waals surface area contributed by atoms with E-state index in [2.05, 4.69) is 0 Å². The highest BCUT2D eigenvalue weighted by atomic mass is 35.5. The van der Waals surface area contributed by atoms with Gasteiger partial charge in [-0.2, -0.15) is 0 Å². The smallest absolute Gasteiger partial charge is 0.254 e. The molecule has 4 aromatic rings. The number of nitrogens with zero attached hydrogens (tertiary/aromatic N) is 1. The number of halogens is 1. The molecule has 3 nitrogen and oxygen atoms in total. The predicted octanol–water partition coefficient (Wildman–Crippen LogP) is 7.48. The summed E-state index contributed by atoms with van der Waals surface area (Å²) in [5.74, 6) is 1.45. The summed E-state index contributed by atoms with van der Waals surface area (Å²) in [5.41, 5.74) is 3.82. The van der Waals surface area contributed by atoms with Crippen molar-refractivity contribution < 1.29 is 9.53 Å². The third-order valence-electron chi connectivity index (χ3n) is 5.46. The Morgan fingerprint density at radius 1 is 0.824 bits per heavy atom. The van der Waals surface area contributed by atoms with Crippen molar-refractivity contribution in [2.45, 2.75) is 23.7 Å². The molecule has 0 aromatic heterocycles. The van der Waals surface area contributed by atoms with Crippen LogP contribution in [0.15, 0.2) is 108 Å². The van der Waals surface area contributed by atoms with Crippen LogP contribution in [0.4, 0.5) is 0 Å². The lowest BCUT2D eigenvalue weighted by Gasteiger charge is -2.24. The lowest BCUT2D eigenvalue weighted by molar-refractivity contribution is 0.0730. The van der Waals surface area contributed by atoms with E-state index < -0.39 is 0 Å². The van der Waals surface area contributed by atoms with Gasteiger partial charge in [0.25, 0.3) is 5.91 Å². The molecule has 0 unspecified atom stereocenters. The number of amides is 1. The number of thioether (sulfide) groups is 1. The molecule has 0 aliphatic rings. The minimum Gasteiger partial charge on any atom is -0.496 e. The van der Waals surface area contributed by atoms with Gasteiger partial charge < -0.3 is 9.64 Å². The topological polar surface area (TPSA) is 29.5 Å². The third kappa shape index (κ3) is 6.43. The Kier molecular flexibility index (Phi) is 8.29. The first-order valence-corrected chi connectivity index (χ1v) is 12.4. The van der Waals surface area contributed by atoms with Gasteiger partial charge in [0, 0.05) is 39.9 Å². The molecule has 0 aliphatic heterocycles. The molecule has 0 saturated heterocycles. The van der Waals surface area contributed by atoms with E-state index in [9.17, 15) is 4.79 Å². The fraction of sp³-hybridized carbons (Fsp3) is 0.138. The van der Waals surface area contributed by atoms with Gasteiger partial charge in [-0.15, -0.1) is 11.8 Å². The normalized spacial score (nSPS) is 10.6. The van der Waals surface area contributed by atoms with E-state index in [1.807, 2.05) is 108 Å². The molecule has 0 atom stereocenters. The molecule has 0 fully saturated rings. The van der Waals surface area contributed by atoms with Crippen LogP contribution in [0, 0.1) is 0 Å². The second kappa shape index (κ2) is 11.8. The first-order chi connectivity index (χ1) is 16.6. The summed E-state index contributed by atoms with van der Waals surface area (Å²) >= 11 is 7.69. The predicted molar refractivity (Wildman–Crippen MR) is 140 cm³/mol. The largest absolute Gasteiger partial charge is 0.496 e. The van der Waals surface area contributed by atoms with Crippen molar-refractivity contribution in [1.29, 1.82) is 0 Å². The Bertz CT molecular complexity index is 1170. The molecule has 0 aliphatic carbocycles. The standard InChI is InChI=1S/C29H26ClNO2S/c1-33-28-17-12-24(18-25(28)21-34-27-15-13-26(30)14-16-27)29(32)31(19-22-8-4-2-5-9-22)20-23-10-6-3-7-11-23/h2-18H,19-21H2,1H3. The maximum Gasteiger partial charge on any atom is 0.254 e. The van der Waals surface area contributed by atoms with E-state index in [-0.39, 0.29) is 5.91 Å². The zero-order valence-corrected chi connectivity index (χ0v) is 20.6. The van der Waals surface area contributed by atoms with Crippen LogP contribution >= 0.6 is 23.4 Å². The van der Waals surface area contributed by atoms with Gasteiger partial charge in [-0.25, -0.2) is 0 Å². The molecule has 1 amide bonds. The number of carbonyl (C=O) groups excluding carboxylic acids is 1. The van der Waals surface area contributed by atoms with E-state index >= 15 is 0 Å². The van der Waals surface area contributed by atoms with Crippen LogP contribution in [0.3, 0.4) is 0 Å². The van der Waals surface area contributed by atoms with Gasteiger partial charge in [0.05, 0.1) is 7.11 Å². The summed E-state index contributed by atoms with van der Waals surface area (Å²) in [4.78, 5) is 16.7. The highest BCUT2D eigenvalue weighted by molar-refractivity contribution is 7.98. The molecule has 5 heteroatoms. The van der Waals surface area contributed by atoms with Gasteiger partial charge in [0.1, 0.15) is 5.75 Å². The summed E-state index contributed by atoms with van der Waals surface area (Å²) in [7, 11) is 1.66. The fourth-order valence-corrected chi connectivity index (χ4v) is 4.71. The van der Waals surface area contributed by atoms with Crippen molar-refractivity contribution in [3.63, 3.8) is 0 Å². The number of hydrogen-bond donors (Lipinski definition) is 0. The van der Waals surface area contributed by atoms with Crippen molar-refractivity contribution in [1.82, 2.24) is 4.90 Å². The monoisotopic (exact) mass is 487 g/mol. The molecule has 34 heavy (non-hydrogen) atoms. The maximum absolute atomic E-state index is 13.7. The van der Waals surface area contributed by atoms with Crippen LogP contribution in [-0.4, -0.2) is 17.9 Å². The Balaban J connectivity index is 1.58. The summed E-state index contributed by atoms with van der Waals surface area (Å²) in [6.07, 6.45) is 0. The Labute approximate surface area is 210 Å². The second-order valence-corrected chi connectivity index (χ2v) is 9.39. The average molecular weight is 488 g/mol. The minimum atomic E-state index is -0.00639. The van der Waals surface area contributed by atoms with E-state index in [1.54, 1.807) is 18.9 Å². The Morgan fingerprint density at radius 2 is 1.41 bits per heavy atom. The van der Waals surface area contributed by atoms with Crippen molar-refractivity contribution in [3.8, 4) is 5.75 Å². The molecule has 0 spiro atoms. The molecule has 0 heterocycles. The van der Waals surface area contributed by atoms with Crippen LogP contribution in [0.25, 0.3) is 0 Å². The quantitative estimate of drug-likeness (QED) is 0.229. The van der Waals surface area contributed by atoms with Crippen LogP contribution in [-0.2, 0) is 18.8 Å². The summed E-state index contributed by atoms with van der Waals surface area (Å²) < 4.78 is 5.58. The molecule has 0 saturated carbocycles. The Morgan fingerprint density at radius 3 is 1.97 bits per heavy atom. The first kappa shape index (κ1) is 23.9. The molecule has 4 rings (SSSR count). The van der Waals surface area contributed by atoms with E-state index in [0.29, 0.717) is 29.4 Å². The zero-order chi connectivity index (χ0) is 23.8. The highest BCUT2D eigenvalue weighted by Gasteiger charge is 2.18. The number of rotatable bonds is 9. The first-order valence-electron chi connectivity index (χ1n) is 11.0. The molecule has 4 aromatic carbocycles. The van der Waals surface area contributed by atoms with Crippen LogP contribution < -0.4 is 4.74 Å². The average Bonchev–Trinajstić information content (AvgIpc) is 2.88. The van der Waals surface area contributed by atoms with Crippen LogP contribution in [0.1, 0.15) is 27.0 Å². The molecular formula is C29H26ClNO2S. The number of methoxy groups -OCH3 is 1. The van der Waals surface area contributed by atoms with Gasteiger partial charge in [-0.1, -0.05) is 72.3 Å². The third-order valence-corrected chi connectivity index (χ3v) is 6.77. The Hall–Kier alpha value is -3.21. The van der Waals surface area contributed by atoms with Gasteiger partial charge in [-0.3, -0.25) is 4.79 Å². The van der Waals surface area contributed by atoms with Crippen LogP contribution in [0.2, 0.25) is 5.02 Å². The molecular weight excluding hydrogens is 462 g/mol. The van der Waals surface area contributed by atoms with E-state index in [4.69, 9.17) is 16.3 Å². The van der Waals surface area contributed by atoms with Crippen molar-refractivity contribution >= 4 is 29.3 Å². The summed E-state index contributed by atoms with van der Waals surface area (Å²) in [5, 5.41) is 0.714. The van der Waals surface area contributed by atoms with Crippen molar-refractivity contribution in [3.05, 3.63) is 130 Å². The van der Waals surface area contributed by atoms with Gasteiger partial charge >= 0.3 is 0 Å². The van der Waals surface area contributed by atoms with Gasteiger partial charge in [0.2, 0.25) is 0 Å². The molecule has 172 valence electrons. The second-order valence-electron chi connectivity index (χ2n) is 7.90. The molecule has 0 radical (unpaired) electrons. The van der Waals surface area contributed by atoms with Crippen molar-refractivity contribution in [2.24, 2.45) is 0 Å².